The molecule has 2 atom stereocenters. The van der Waals surface area contributed by atoms with Crippen LogP contribution < -0.4 is 9.47 Å². The third kappa shape index (κ3) is 1.30. The Morgan fingerprint density at radius 2 is 1.93 bits per heavy atom. The summed E-state index contributed by atoms with van der Waals surface area (Å²) in [5.41, 5.74) is 2.62. The lowest BCUT2D eigenvalue weighted by Crippen LogP contribution is -2.05. The number of hydrogen-bond donors (Lipinski definition) is 0. The van der Waals surface area contributed by atoms with Gasteiger partial charge in [0.15, 0.2) is 11.5 Å². The lowest BCUT2D eigenvalue weighted by atomic mass is 9.91. The lowest BCUT2D eigenvalue weighted by molar-refractivity contribution is 0.352. The van der Waals surface area contributed by atoms with Gasteiger partial charge in [0, 0.05) is 0 Å². The van der Waals surface area contributed by atoms with Crippen LogP contribution in [0.25, 0.3) is 0 Å². The number of hydrogen-bond acceptors (Lipinski definition) is 3. The first-order chi connectivity index (χ1) is 7.33. The van der Waals surface area contributed by atoms with Crippen LogP contribution in [-0.4, -0.2) is 20.3 Å². The highest BCUT2D eigenvalue weighted by atomic mass is 16.6. The number of methoxy groups -OCH3 is 2. The largest absolute Gasteiger partial charge is 0.493 e. The molecule has 1 aliphatic heterocycles. The quantitative estimate of drug-likeness (QED) is 0.694. The fourth-order valence-corrected chi connectivity index (χ4v) is 2.35. The van der Waals surface area contributed by atoms with Gasteiger partial charge in [0.05, 0.1) is 20.3 Å². The van der Waals surface area contributed by atoms with E-state index in [1.54, 1.807) is 14.2 Å². The second-order valence-corrected chi connectivity index (χ2v) is 4.04. The topological polar surface area (TPSA) is 31.0 Å². The van der Waals surface area contributed by atoms with E-state index in [1.165, 1.54) is 11.1 Å². The number of benzene rings is 1. The predicted octanol–water partition coefficient (Wildman–Crippen LogP) is 2.09. The Bertz CT molecular complexity index is 400. The number of epoxide rings is 1. The van der Waals surface area contributed by atoms with E-state index in [1.807, 2.05) is 0 Å². The van der Waals surface area contributed by atoms with Crippen LogP contribution in [0.5, 0.6) is 11.5 Å². The van der Waals surface area contributed by atoms with Gasteiger partial charge in [-0.1, -0.05) is 0 Å². The summed E-state index contributed by atoms with van der Waals surface area (Å²) >= 11 is 0. The first-order valence-corrected chi connectivity index (χ1v) is 5.23. The van der Waals surface area contributed by atoms with Gasteiger partial charge in [-0.25, -0.2) is 0 Å². The van der Waals surface area contributed by atoms with E-state index < -0.39 is 0 Å². The SMILES string of the molecule is COc1cc2c(cc1OC)C1OC1CC2. The second kappa shape index (κ2) is 3.14. The molecule has 3 heteroatoms. The van der Waals surface area contributed by atoms with Crippen molar-refractivity contribution in [1.82, 2.24) is 0 Å². The highest BCUT2D eigenvalue weighted by Crippen LogP contribution is 2.49. The fourth-order valence-electron chi connectivity index (χ4n) is 2.35. The van der Waals surface area contributed by atoms with Crippen LogP contribution in [0.2, 0.25) is 0 Å². The molecule has 1 aromatic rings. The predicted molar refractivity (Wildman–Crippen MR) is 55.5 cm³/mol. The van der Waals surface area contributed by atoms with Crippen LogP contribution in [0, 0.1) is 0 Å². The standard InChI is InChI=1S/C12H14O3/c1-13-10-5-7-3-4-9-12(15-9)8(7)6-11(10)14-2/h5-6,9,12H,3-4H2,1-2H3. The van der Waals surface area contributed by atoms with E-state index in [4.69, 9.17) is 14.2 Å². The number of ether oxygens (including phenoxy) is 3. The van der Waals surface area contributed by atoms with Gasteiger partial charge in [-0.05, 0) is 36.1 Å². The van der Waals surface area contributed by atoms with Crippen molar-refractivity contribution in [2.24, 2.45) is 0 Å². The van der Waals surface area contributed by atoms with Crippen molar-refractivity contribution in [3.8, 4) is 11.5 Å². The minimum Gasteiger partial charge on any atom is -0.493 e. The molecule has 3 nitrogen and oxygen atoms in total. The van der Waals surface area contributed by atoms with E-state index in [0.29, 0.717) is 12.2 Å². The highest BCUT2D eigenvalue weighted by molar-refractivity contribution is 5.50. The Balaban J connectivity index is 2.08. The average molecular weight is 206 g/mol. The fraction of sp³-hybridized carbons (Fsp3) is 0.500. The zero-order valence-electron chi connectivity index (χ0n) is 8.95. The molecule has 2 unspecified atom stereocenters. The summed E-state index contributed by atoms with van der Waals surface area (Å²) < 4.78 is 16.2. The molecular formula is C12H14O3. The highest BCUT2D eigenvalue weighted by Gasteiger charge is 2.44. The van der Waals surface area contributed by atoms with E-state index in [9.17, 15) is 0 Å². The molecule has 1 heterocycles. The van der Waals surface area contributed by atoms with Crippen LogP contribution in [-0.2, 0) is 11.2 Å². The smallest absolute Gasteiger partial charge is 0.161 e. The van der Waals surface area contributed by atoms with Gasteiger partial charge in [-0.2, -0.15) is 0 Å². The Morgan fingerprint density at radius 3 is 2.67 bits per heavy atom. The van der Waals surface area contributed by atoms with Gasteiger partial charge in [0.1, 0.15) is 6.10 Å². The Morgan fingerprint density at radius 1 is 1.20 bits per heavy atom. The molecule has 0 spiro atoms. The maximum atomic E-state index is 5.58. The number of rotatable bonds is 2. The molecule has 80 valence electrons. The molecule has 0 saturated carbocycles. The summed E-state index contributed by atoms with van der Waals surface area (Å²) in [5.74, 6) is 1.61. The minimum absolute atomic E-state index is 0.313. The summed E-state index contributed by atoms with van der Waals surface area (Å²) in [4.78, 5) is 0. The summed E-state index contributed by atoms with van der Waals surface area (Å²) in [6.07, 6.45) is 2.98. The van der Waals surface area contributed by atoms with E-state index in [0.717, 1.165) is 24.3 Å². The van der Waals surface area contributed by atoms with Gasteiger partial charge < -0.3 is 14.2 Å². The van der Waals surface area contributed by atoms with Crippen LogP contribution in [0.1, 0.15) is 23.7 Å². The van der Waals surface area contributed by atoms with Crippen LogP contribution in [0.4, 0.5) is 0 Å². The zero-order chi connectivity index (χ0) is 10.4. The van der Waals surface area contributed by atoms with Gasteiger partial charge >= 0.3 is 0 Å². The van der Waals surface area contributed by atoms with Crippen molar-refractivity contribution in [3.05, 3.63) is 23.3 Å². The molecule has 2 aliphatic rings. The molecule has 0 aromatic heterocycles. The zero-order valence-corrected chi connectivity index (χ0v) is 8.95. The molecule has 0 amide bonds. The van der Waals surface area contributed by atoms with Gasteiger partial charge in [-0.15, -0.1) is 0 Å². The molecule has 0 N–H and O–H groups in total. The number of aryl methyl sites for hydroxylation is 1. The van der Waals surface area contributed by atoms with Crippen molar-refractivity contribution in [2.45, 2.75) is 25.0 Å². The Hall–Kier alpha value is -1.22. The Labute approximate surface area is 89.0 Å². The molecule has 1 aromatic carbocycles. The van der Waals surface area contributed by atoms with E-state index in [-0.39, 0.29) is 0 Å². The van der Waals surface area contributed by atoms with Gasteiger partial charge in [0.25, 0.3) is 0 Å². The van der Waals surface area contributed by atoms with Crippen molar-refractivity contribution in [1.29, 1.82) is 0 Å². The van der Waals surface area contributed by atoms with Crippen LogP contribution >= 0.6 is 0 Å². The normalized spacial score (nSPS) is 26.5. The molecule has 1 saturated heterocycles. The van der Waals surface area contributed by atoms with Crippen LogP contribution in [0.3, 0.4) is 0 Å². The van der Waals surface area contributed by atoms with Gasteiger partial charge in [-0.3, -0.25) is 0 Å². The molecule has 1 fully saturated rings. The summed E-state index contributed by atoms with van der Waals surface area (Å²) in [7, 11) is 3.34. The second-order valence-electron chi connectivity index (χ2n) is 4.04. The van der Waals surface area contributed by atoms with E-state index in [2.05, 4.69) is 12.1 Å². The third-order valence-corrected chi connectivity index (χ3v) is 3.23. The monoisotopic (exact) mass is 206 g/mol. The molecule has 1 aliphatic carbocycles. The molecule has 3 rings (SSSR count). The summed E-state index contributed by atoms with van der Waals surface area (Å²) in [5, 5.41) is 0. The average Bonchev–Trinajstić information content (AvgIpc) is 3.06. The summed E-state index contributed by atoms with van der Waals surface area (Å²) in [6.45, 7) is 0. The van der Waals surface area contributed by atoms with Gasteiger partial charge in [0.2, 0.25) is 0 Å². The Kier molecular flexibility index (Phi) is 1.89. The maximum absolute atomic E-state index is 5.58. The van der Waals surface area contributed by atoms with E-state index >= 15 is 0 Å². The summed E-state index contributed by atoms with van der Waals surface area (Å²) in [6, 6.07) is 4.13. The molecule has 0 bridgehead atoms. The number of fused-ring (bicyclic) bond motifs is 3. The first kappa shape index (κ1) is 9.04. The third-order valence-electron chi connectivity index (χ3n) is 3.23. The van der Waals surface area contributed by atoms with Crippen molar-refractivity contribution in [3.63, 3.8) is 0 Å². The molecular weight excluding hydrogens is 192 g/mol. The molecule has 0 radical (unpaired) electrons. The lowest BCUT2D eigenvalue weighted by Gasteiger charge is -2.16. The van der Waals surface area contributed by atoms with Crippen molar-refractivity contribution >= 4 is 0 Å². The van der Waals surface area contributed by atoms with Crippen LogP contribution in [0.15, 0.2) is 12.1 Å². The van der Waals surface area contributed by atoms with Crippen molar-refractivity contribution in [2.75, 3.05) is 14.2 Å². The maximum Gasteiger partial charge on any atom is 0.161 e. The first-order valence-electron chi connectivity index (χ1n) is 5.23. The van der Waals surface area contributed by atoms with Crippen molar-refractivity contribution < 1.29 is 14.2 Å². The molecule has 15 heavy (non-hydrogen) atoms. The minimum atomic E-state index is 0.313.